The fourth-order valence-corrected chi connectivity index (χ4v) is 2.29. The molecule has 0 bridgehead atoms. The molecule has 0 heterocycles. The van der Waals surface area contributed by atoms with Gasteiger partial charge in [0.05, 0.1) is 5.92 Å². The van der Waals surface area contributed by atoms with Crippen molar-refractivity contribution in [3.63, 3.8) is 0 Å². The molecule has 80 valence electrons. The molecule has 0 aliphatic heterocycles. The highest BCUT2D eigenvalue weighted by Gasteiger charge is 2.32. The van der Waals surface area contributed by atoms with Crippen LogP contribution in [0.3, 0.4) is 0 Å². The van der Waals surface area contributed by atoms with Gasteiger partial charge in [-0.15, -0.1) is 0 Å². The maximum absolute atomic E-state index is 11.3. The van der Waals surface area contributed by atoms with E-state index in [2.05, 4.69) is 6.92 Å². The van der Waals surface area contributed by atoms with Crippen molar-refractivity contribution in [2.75, 3.05) is 0 Å². The minimum absolute atomic E-state index is 0.0396. The molecule has 3 heteroatoms. The highest BCUT2D eigenvalue weighted by atomic mass is 35.5. The summed E-state index contributed by atoms with van der Waals surface area (Å²) in [5, 5.41) is -0.462. The Balaban J connectivity index is 2.45. The molecular weight excluding hydrogens is 200 g/mol. The standard InChI is InChI=1S/C11H17ClO2/c1-2-3-4-8-5-6-10(13)9(7-8)11(12)14/h8-9H,2-7H2,1H3/t8-,9+/m0/s1. The number of rotatable bonds is 4. The molecule has 0 aromatic rings. The Hall–Kier alpha value is -0.370. The molecule has 1 rings (SSSR count). The molecule has 0 aromatic carbocycles. The van der Waals surface area contributed by atoms with Crippen molar-refractivity contribution < 1.29 is 9.59 Å². The first-order valence-electron chi connectivity index (χ1n) is 5.37. The van der Waals surface area contributed by atoms with Gasteiger partial charge in [-0.2, -0.15) is 0 Å². The average Bonchev–Trinajstić information content (AvgIpc) is 2.16. The fraction of sp³-hybridized carbons (Fsp3) is 0.818. The third-order valence-corrected chi connectivity index (χ3v) is 3.26. The Labute approximate surface area is 90.0 Å². The van der Waals surface area contributed by atoms with Crippen molar-refractivity contribution in [2.24, 2.45) is 11.8 Å². The van der Waals surface area contributed by atoms with E-state index in [4.69, 9.17) is 11.6 Å². The van der Waals surface area contributed by atoms with Crippen LogP contribution >= 0.6 is 11.6 Å². The summed E-state index contributed by atoms with van der Waals surface area (Å²) in [5.74, 6) is 0.0605. The smallest absolute Gasteiger partial charge is 0.232 e. The minimum atomic E-state index is -0.507. The summed E-state index contributed by atoms with van der Waals surface area (Å²) in [6.07, 6.45) is 5.65. The molecule has 0 radical (unpaired) electrons. The third-order valence-electron chi connectivity index (χ3n) is 3.00. The number of halogens is 1. The molecular formula is C11H17ClO2. The summed E-state index contributed by atoms with van der Waals surface area (Å²) in [6.45, 7) is 2.15. The maximum atomic E-state index is 11.3. The lowest BCUT2D eigenvalue weighted by molar-refractivity contribution is -0.131. The van der Waals surface area contributed by atoms with Crippen LogP contribution in [0.4, 0.5) is 0 Å². The van der Waals surface area contributed by atoms with Crippen molar-refractivity contribution in [3.8, 4) is 0 Å². The van der Waals surface area contributed by atoms with E-state index < -0.39 is 11.2 Å². The van der Waals surface area contributed by atoms with Crippen LogP contribution in [0.15, 0.2) is 0 Å². The van der Waals surface area contributed by atoms with Gasteiger partial charge in [0.15, 0.2) is 0 Å². The first kappa shape index (κ1) is 11.7. The van der Waals surface area contributed by atoms with Gasteiger partial charge in [0.1, 0.15) is 5.78 Å². The van der Waals surface area contributed by atoms with Crippen molar-refractivity contribution in [1.82, 2.24) is 0 Å². The zero-order valence-electron chi connectivity index (χ0n) is 8.59. The average molecular weight is 217 g/mol. The molecule has 14 heavy (non-hydrogen) atoms. The number of carbonyl (C=O) groups is 2. The number of carbonyl (C=O) groups excluding carboxylic acids is 2. The monoisotopic (exact) mass is 216 g/mol. The van der Waals surface area contributed by atoms with Crippen LogP contribution in [0.25, 0.3) is 0 Å². The molecule has 1 aliphatic carbocycles. The zero-order chi connectivity index (χ0) is 10.6. The lowest BCUT2D eigenvalue weighted by atomic mass is 9.79. The summed E-state index contributed by atoms with van der Waals surface area (Å²) >= 11 is 5.39. The number of hydrogen-bond donors (Lipinski definition) is 0. The summed E-state index contributed by atoms with van der Waals surface area (Å²) in [7, 11) is 0. The molecule has 2 atom stereocenters. The van der Waals surface area contributed by atoms with E-state index in [1.807, 2.05) is 0 Å². The van der Waals surface area contributed by atoms with Gasteiger partial charge in [0, 0.05) is 6.42 Å². The lowest BCUT2D eigenvalue weighted by Crippen LogP contribution is -2.28. The quantitative estimate of drug-likeness (QED) is 0.535. The second-order valence-electron chi connectivity index (χ2n) is 4.11. The molecule has 1 aliphatic rings. The van der Waals surface area contributed by atoms with Crippen LogP contribution in [0, 0.1) is 11.8 Å². The van der Waals surface area contributed by atoms with Crippen molar-refractivity contribution in [1.29, 1.82) is 0 Å². The molecule has 0 amide bonds. The summed E-state index contributed by atoms with van der Waals surface area (Å²) < 4.78 is 0. The SMILES string of the molecule is CCCC[C@H]1CCC(=O)[C@H](C(=O)Cl)C1. The molecule has 1 fully saturated rings. The van der Waals surface area contributed by atoms with Gasteiger partial charge in [-0.3, -0.25) is 9.59 Å². The normalized spacial score (nSPS) is 27.7. The van der Waals surface area contributed by atoms with Gasteiger partial charge < -0.3 is 0 Å². The van der Waals surface area contributed by atoms with Crippen LogP contribution in [0.5, 0.6) is 0 Å². The topological polar surface area (TPSA) is 34.1 Å². The van der Waals surface area contributed by atoms with Gasteiger partial charge in [-0.25, -0.2) is 0 Å². The zero-order valence-corrected chi connectivity index (χ0v) is 9.35. The molecule has 0 unspecified atom stereocenters. The van der Waals surface area contributed by atoms with Crippen LogP contribution in [0.2, 0.25) is 0 Å². The number of unbranched alkanes of at least 4 members (excludes halogenated alkanes) is 1. The van der Waals surface area contributed by atoms with Gasteiger partial charge in [0.2, 0.25) is 5.24 Å². The van der Waals surface area contributed by atoms with Crippen LogP contribution in [0.1, 0.15) is 45.4 Å². The largest absolute Gasteiger partial charge is 0.299 e. The van der Waals surface area contributed by atoms with E-state index in [1.165, 1.54) is 12.8 Å². The number of ketones is 1. The maximum Gasteiger partial charge on any atom is 0.232 e. The van der Waals surface area contributed by atoms with Crippen LogP contribution < -0.4 is 0 Å². The Kier molecular flexibility index (Phi) is 4.59. The predicted octanol–water partition coefficient (Wildman–Crippen LogP) is 2.93. The molecule has 0 N–H and O–H groups in total. The molecule has 1 saturated carbocycles. The van der Waals surface area contributed by atoms with E-state index in [1.54, 1.807) is 0 Å². The first-order valence-corrected chi connectivity index (χ1v) is 5.75. The highest BCUT2D eigenvalue weighted by molar-refractivity contribution is 6.65. The lowest BCUT2D eigenvalue weighted by Gasteiger charge is -2.25. The van der Waals surface area contributed by atoms with Crippen LogP contribution in [-0.4, -0.2) is 11.0 Å². The Morgan fingerprint density at radius 3 is 2.86 bits per heavy atom. The fourth-order valence-electron chi connectivity index (χ4n) is 2.08. The van der Waals surface area contributed by atoms with Crippen molar-refractivity contribution in [3.05, 3.63) is 0 Å². The van der Waals surface area contributed by atoms with Gasteiger partial charge in [-0.1, -0.05) is 26.2 Å². The Morgan fingerprint density at radius 2 is 2.29 bits per heavy atom. The molecule has 0 spiro atoms. The van der Waals surface area contributed by atoms with Gasteiger partial charge in [-0.05, 0) is 30.4 Å². The van der Waals surface area contributed by atoms with E-state index >= 15 is 0 Å². The van der Waals surface area contributed by atoms with E-state index in [0.717, 1.165) is 12.8 Å². The van der Waals surface area contributed by atoms with Gasteiger partial charge >= 0.3 is 0 Å². The highest BCUT2D eigenvalue weighted by Crippen LogP contribution is 2.31. The Bertz CT molecular complexity index is 225. The molecule has 2 nitrogen and oxygen atoms in total. The third kappa shape index (κ3) is 3.09. The first-order chi connectivity index (χ1) is 6.65. The van der Waals surface area contributed by atoms with Gasteiger partial charge in [0.25, 0.3) is 0 Å². The van der Waals surface area contributed by atoms with Crippen molar-refractivity contribution in [2.45, 2.75) is 45.4 Å². The number of hydrogen-bond acceptors (Lipinski definition) is 2. The predicted molar refractivity (Wildman–Crippen MR) is 56.2 cm³/mol. The van der Waals surface area contributed by atoms with E-state index in [0.29, 0.717) is 18.8 Å². The summed E-state index contributed by atoms with van der Waals surface area (Å²) in [4.78, 5) is 22.3. The minimum Gasteiger partial charge on any atom is -0.299 e. The summed E-state index contributed by atoms with van der Waals surface area (Å²) in [5.41, 5.74) is 0. The van der Waals surface area contributed by atoms with Crippen molar-refractivity contribution >= 4 is 22.6 Å². The molecule has 0 aromatic heterocycles. The van der Waals surface area contributed by atoms with E-state index in [-0.39, 0.29) is 5.78 Å². The number of Topliss-reactive ketones (excluding diaryl/α,β-unsaturated/α-hetero) is 1. The Morgan fingerprint density at radius 1 is 1.57 bits per heavy atom. The van der Waals surface area contributed by atoms with E-state index in [9.17, 15) is 9.59 Å². The van der Waals surface area contributed by atoms with Crippen LogP contribution in [-0.2, 0) is 9.59 Å². The second kappa shape index (κ2) is 5.50. The second-order valence-corrected chi connectivity index (χ2v) is 4.48. The summed E-state index contributed by atoms with van der Waals surface area (Å²) in [6, 6.07) is 0. The molecule has 0 saturated heterocycles.